The minimum Gasteiger partial charge on any atom is -0.480 e. The van der Waals surface area contributed by atoms with E-state index >= 15 is 0 Å². The number of carbonyl (C=O) groups is 2. The third kappa shape index (κ3) is 5.57. The molecule has 0 heterocycles. The Morgan fingerprint density at radius 2 is 1.70 bits per heavy atom. The van der Waals surface area contributed by atoms with Crippen LogP contribution in [-0.4, -0.2) is 56.6 Å². The highest BCUT2D eigenvalue weighted by Crippen LogP contribution is 2.37. The summed E-state index contributed by atoms with van der Waals surface area (Å²) in [5, 5.41) is 17.7. The lowest BCUT2D eigenvalue weighted by Crippen LogP contribution is -2.51. The maximum Gasteiger partial charge on any atom is 0.337 e. The van der Waals surface area contributed by atoms with Gasteiger partial charge in [-0.25, -0.2) is 9.59 Å². The average molecular weight is 308 g/mol. The van der Waals surface area contributed by atoms with E-state index in [-0.39, 0.29) is 5.04 Å². The van der Waals surface area contributed by atoms with E-state index in [1.165, 1.54) is 7.11 Å². The van der Waals surface area contributed by atoms with Crippen molar-refractivity contribution in [1.29, 1.82) is 0 Å². The molecular weight excluding hydrogens is 284 g/mol. The molecule has 0 fully saturated rings. The van der Waals surface area contributed by atoms with E-state index in [1.807, 2.05) is 33.9 Å². The third-order valence-electron chi connectivity index (χ3n) is 3.32. The summed E-state index contributed by atoms with van der Waals surface area (Å²) in [5.74, 6) is -2.45. The Hall–Kier alpha value is -0.963. The molecule has 2 atom stereocenters. The minimum atomic E-state index is -2.35. The second kappa shape index (κ2) is 7.16. The summed E-state index contributed by atoms with van der Waals surface area (Å²) in [6.07, 6.45) is -2.63. The van der Waals surface area contributed by atoms with Crippen LogP contribution in [0.4, 0.5) is 0 Å². The van der Waals surface area contributed by atoms with E-state index in [1.54, 1.807) is 0 Å². The third-order valence-corrected chi connectivity index (χ3v) is 7.78. The van der Waals surface area contributed by atoms with Crippen LogP contribution in [0.3, 0.4) is 0 Å². The van der Waals surface area contributed by atoms with Crippen LogP contribution in [0.2, 0.25) is 18.1 Å². The lowest BCUT2D eigenvalue weighted by molar-refractivity contribution is -0.198. The predicted octanol–water partition coefficient (Wildman–Crippen LogP) is 1.54. The molecule has 0 aromatic carbocycles. The lowest BCUT2D eigenvalue weighted by atomic mass is 10.2. The van der Waals surface area contributed by atoms with Crippen LogP contribution in [0.1, 0.15) is 20.8 Å². The van der Waals surface area contributed by atoms with Crippen LogP contribution in [0.15, 0.2) is 0 Å². The van der Waals surface area contributed by atoms with E-state index in [9.17, 15) is 14.7 Å². The van der Waals surface area contributed by atoms with Gasteiger partial charge in [-0.05, 0) is 18.1 Å². The molecule has 20 heavy (non-hydrogen) atoms. The molecule has 8 heteroatoms. The van der Waals surface area contributed by atoms with Crippen molar-refractivity contribution in [1.82, 2.24) is 0 Å². The van der Waals surface area contributed by atoms with Crippen LogP contribution in [0.25, 0.3) is 0 Å². The molecule has 0 saturated carbocycles. The van der Waals surface area contributed by atoms with Crippen molar-refractivity contribution < 1.29 is 33.7 Å². The van der Waals surface area contributed by atoms with Gasteiger partial charge in [0.05, 0.1) is 0 Å². The number of carboxylic acid groups (broad SMARTS) is 2. The maximum absolute atomic E-state index is 11.3. The highest BCUT2D eigenvalue weighted by molar-refractivity contribution is 6.74. The van der Waals surface area contributed by atoms with Crippen LogP contribution < -0.4 is 0 Å². The molecule has 118 valence electrons. The first kappa shape index (κ1) is 19.0. The first-order valence-corrected chi connectivity index (χ1v) is 9.10. The molecule has 0 bridgehead atoms. The van der Waals surface area contributed by atoms with Crippen molar-refractivity contribution in [3.05, 3.63) is 0 Å². The number of aliphatic carboxylic acids is 2. The number of hydrogen-bond acceptors (Lipinski definition) is 5. The number of carboxylic acids is 2. The number of hydrogen-bond donors (Lipinski definition) is 2. The van der Waals surface area contributed by atoms with E-state index < -0.39 is 39.3 Å². The van der Waals surface area contributed by atoms with Gasteiger partial charge in [-0.3, -0.25) is 0 Å². The van der Waals surface area contributed by atoms with Gasteiger partial charge in [0.1, 0.15) is 6.61 Å². The van der Waals surface area contributed by atoms with Gasteiger partial charge in [0.15, 0.2) is 20.7 Å². The van der Waals surface area contributed by atoms with Crippen LogP contribution in [0, 0.1) is 0 Å². The number of methoxy groups -OCH3 is 1. The van der Waals surface area contributed by atoms with Gasteiger partial charge in [0.25, 0.3) is 0 Å². The second-order valence-corrected chi connectivity index (χ2v) is 10.7. The van der Waals surface area contributed by atoms with Crippen molar-refractivity contribution in [3.63, 3.8) is 0 Å². The number of ether oxygens (including phenoxy) is 2. The molecule has 0 aromatic heterocycles. The van der Waals surface area contributed by atoms with Gasteiger partial charge >= 0.3 is 11.9 Å². The highest BCUT2D eigenvalue weighted by Gasteiger charge is 2.43. The van der Waals surface area contributed by atoms with Crippen molar-refractivity contribution in [2.45, 2.75) is 51.3 Å². The molecule has 0 aliphatic rings. The molecule has 7 nitrogen and oxygen atoms in total. The SMILES string of the molecule is CO[C@H](OCC(=O)O)[C@H](O[Si](C)(C)C(C)(C)C)C(=O)O. The Balaban J connectivity index is 5.04. The Morgan fingerprint density at radius 1 is 1.20 bits per heavy atom. The Kier molecular flexibility index (Phi) is 6.82. The summed E-state index contributed by atoms with van der Waals surface area (Å²) in [4.78, 5) is 21.8. The van der Waals surface area contributed by atoms with Gasteiger partial charge < -0.3 is 24.1 Å². The molecule has 0 rings (SSSR count). The summed E-state index contributed by atoms with van der Waals surface area (Å²) in [7, 11) is -1.11. The van der Waals surface area contributed by atoms with Gasteiger partial charge in [0, 0.05) is 7.11 Å². The summed E-state index contributed by atoms with van der Waals surface area (Å²) >= 11 is 0. The Bertz CT molecular complexity index is 348. The zero-order valence-corrected chi connectivity index (χ0v) is 13.8. The van der Waals surface area contributed by atoms with Crippen LogP contribution in [-0.2, 0) is 23.5 Å². The summed E-state index contributed by atoms with van der Waals surface area (Å²) < 4.78 is 15.6. The van der Waals surface area contributed by atoms with Crippen molar-refractivity contribution >= 4 is 20.3 Å². The van der Waals surface area contributed by atoms with E-state index in [2.05, 4.69) is 0 Å². The summed E-state index contributed by atoms with van der Waals surface area (Å²) in [6.45, 7) is 9.05. The van der Waals surface area contributed by atoms with Crippen molar-refractivity contribution in [2.75, 3.05) is 13.7 Å². The molecule has 2 N–H and O–H groups in total. The monoisotopic (exact) mass is 308 g/mol. The smallest absolute Gasteiger partial charge is 0.337 e. The normalized spacial score (nSPS) is 15.7. The van der Waals surface area contributed by atoms with Gasteiger partial charge in [0.2, 0.25) is 0 Å². The first-order chi connectivity index (χ1) is 8.92. The number of rotatable bonds is 8. The van der Waals surface area contributed by atoms with Gasteiger partial charge in [-0.1, -0.05) is 20.8 Å². The van der Waals surface area contributed by atoms with Crippen molar-refractivity contribution in [3.8, 4) is 0 Å². The molecular formula is C12H24O7Si. The summed E-state index contributed by atoms with van der Waals surface area (Å²) in [5.41, 5.74) is 0. The van der Waals surface area contributed by atoms with E-state index in [0.717, 1.165) is 0 Å². The average Bonchev–Trinajstić information content (AvgIpc) is 2.25. The van der Waals surface area contributed by atoms with Crippen molar-refractivity contribution in [2.24, 2.45) is 0 Å². The second-order valence-electron chi connectivity index (χ2n) is 5.95. The molecule has 0 aliphatic carbocycles. The summed E-state index contributed by atoms with van der Waals surface area (Å²) in [6, 6.07) is 0. The Morgan fingerprint density at radius 3 is 2.00 bits per heavy atom. The van der Waals surface area contributed by atoms with Gasteiger partial charge in [-0.2, -0.15) is 0 Å². The predicted molar refractivity (Wildman–Crippen MR) is 74.1 cm³/mol. The minimum absolute atomic E-state index is 0.189. The zero-order chi connectivity index (χ0) is 16.1. The fourth-order valence-electron chi connectivity index (χ4n) is 1.15. The molecule has 0 radical (unpaired) electrons. The molecule has 0 spiro atoms. The topological polar surface area (TPSA) is 102 Å². The largest absolute Gasteiger partial charge is 0.480 e. The van der Waals surface area contributed by atoms with E-state index in [4.69, 9.17) is 19.0 Å². The molecule has 0 unspecified atom stereocenters. The van der Waals surface area contributed by atoms with E-state index in [0.29, 0.717) is 0 Å². The van der Waals surface area contributed by atoms with Crippen LogP contribution in [0.5, 0.6) is 0 Å². The molecule has 0 aliphatic heterocycles. The fourth-order valence-corrected chi connectivity index (χ4v) is 2.35. The fraction of sp³-hybridized carbons (Fsp3) is 0.833. The standard InChI is InChI=1S/C12H24O7Si/c1-12(2,3)20(5,6)19-9(10(15)16)11(17-4)18-7-8(13)14/h9,11H,7H2,1-6H3,(H,13,14)(H,15,16)/t9-,11-/m1/s1. The quantitative estimate of drug-likeness (QED) is 0.518. The molecule has 0 amide bonds. The highest BCUT2D eigenvalue weighted by atomic mass is 28.4. The van der Waals surface area contributed by atoms with Gasteiger partial charge in [-0.15, -0.1) is 0 Å². The molecule has 0 saturated heterocycles. The molecule has 0 aromatic rings. The maximum atomic E-state index is 11.3. The Labute approximate surface area is 120 Å². The zero-order valence-electron chi connectivity index (χ0n) is 12.8. The lowest BCUT2D eigenvalue weighted by Gasteiger charge is -2.39. The van der Waals surface area contributed by atoms with Crippen LogP contribution >= 0.6 is 0 Å². The first-order valence-electron chi connectivity index (χ1n) is 6.19.